The Bertz CT molecular complexity index is 1210. The van der Waals surface area contributed by atoms with Gasteiger partial charge in [-0.1, -0.05) is 6.07 Å². The number of ether oxygens (including phenoxy) is 2. The van der Waals surface area contributed by atoms with Gasteiger partial charge in [0.15, 0.2) is 23.0 Å². The van der Waals surface area contributed by atoms with Gasteiger partial charge in [-0.05, 0) is 44.4 Å². The molecule has 3 aromatic heterocycles. The molecule has 1 N–H and O–H groups in total. The van der Waals surface area contributed by atoms with E-state index >= 15 is 0 Å². The third kappa shape index (κ3) is 4.05. The summed E-state index contributed by atoms with van der Waals surface area (Å²) in [6.45, 7) is 4.91. The summed E-state index contributed by atoms with van der Waals surface area (Å²) in [6, 6.07) is 8.04. The van der Waals surface area contributed by atoms with Gasteiger partial charge >= 0.3 is 0 Å². The van der Waals surface area contributed by atoms with E-state index in [1.54, 1.807) is 20.4 Å². The van der Waals surface area contributed by atoms with Crippen LogP contribution >= 0.6 is 0 Å². The van der Waals surface area contributed by atoms with Crippen molar-refractivity contribution in [2.75, 3.05) is 26.1 Å². The Kier molecular flexibility index (Phi) is 5.79. The van der Waals surface area contributed by atoms with E-state index in [1.165, 1.54) is 5.56 Å². The van der Waals surface area contributed by atoms with Crippen LogP contribution < -0.4 is 14.8 Å². The average Bonchev–Trinajstić information content (AvgIpc) is 3.38. The number of benzene rings is 1. The second-order valence-electron chi connectivity index (χ2n) is 7.55. The van der Waals surface area contributed by atoms with Gasteiger partial charge in [0, 0.05) is 43.3 Å². The maximum Gasteiger partial charge on any atom is 0.160 e. The minimum Gasteiger partial charge on any atom is -0.493 e. The molecule has 0 unspecified atom stereocenters. The van der Waals surface area contributed by atoms with E-state index in [0.29, 0.717) is 0 Å². The van der Waals surface area contributed by atoms with E-state index in [-0.39, 0.29) is 0 Å². The second kappa shape index (κ2) is 8.67. The van der Waals surface area contributed by atoms with Crippen LogP contribution in [0.2, 0.25) is 0 Å². The molecule has 0 aliphatic heterocycles. The molecule has 3 heterocycles. The summed E-state index contributed by atoms with van der Waals surface area (Å²) < 4.78 is 14.6. The van der Waals surface area contributed by atoms with E-state index in [1.807, 2.05) is 47.4 Å². The summed E-state index contributed by atoms with van der Waals surface area (Å²) in [5.74, 6) is 3.29. The molecule has 0 fully saturated rings. The molecule has 8 nitrogen and oxygen atoms in total. The van der Waals surface area contributed by atoms with E-state index in [9.17, 15) is 0 Å². The van der Waals surface area contributed by atoms with E-state index < -0.39 is 0 Å². The molecule has 0 spiro atoms. The smallest absolute Gasteiger partial charge is 0.160 e. The summed E-state index contributed by atoms with van der Waals surface area (Å²) >= 11 is 0. The molecular formula is C23H28N6O2. The highest BCUT2D eigenvalue weighted by molar-refractivity contribution is 5.63. The van der Waals surface area contributed by atoms with Gasteiger partial charge in [0.05, 0.1) is 14.2 Å². The number of hydrogen-bond donors (Lipinski definition) is 1. The molecule has 8 heteroatoms. The van der Waals surface area contributed by atoms with Gasteiger partial charge in [0.2, 0.25) is 0 Å². The first kappa shape index (κ1) is 20.7. The maximum atomic E-state index is 5.40. The molecule has 0 bridgehead atoms. The van der Waals surface area contributed by atoms with E-state index in [4.69, 9.17) is 19.6 Å². The van der Waals surface area contributed by atoms with Crippen molar-refractivity contribution in [3.8, 4) is 23.0 Å². The first-order chi connectivity index (χ1) is 15.0. The number of aromatic nitrogens is 5. The average molecular weight is 421 g/mol. The van der Waals surface area contributed by atoms with Crippen LogP contribution in [-0.2, 0) is 13.5 Å². The lowest BCUT2D eigenvalue weighted by molar-refractivity contribution is 0.354. The fourth-order valence-electron chi connectivity index (χ4n) is 3.67. The number of nitrogens with zero attached hydrogens (tertiary/aromatic N) is 5. The lowest BCUT2D eigenvalue weighted by atomic mass is 10.1. The predicted octanol–water partition coefficient (Wildman–Crippen LogP) is 3.81. The van der Waals surface area contributed by atoms with Crippen molar-refractivity contribution in [2.24, 2.45) is 7.05 Å². The van der Waals surface area contributed by atoms with Crippen LogP contribution in [0.25, 0.3) is 17.2 Å². The number of fused-ring (bicyclic) bond motifs is 1. The van der Waals surface area contributed by atoms with Crippen molar-refractivity contribution >= 4 is 11.5 Å². The zero-order valence-corrected chi connectivity index (χ0v) is 18.6. The minimum absolute atomic E-state index is 0.747. The number of nitrogens with one attached hydrogen (secondary N) is 1. The van der Waals surface area contributed by atoms with E-state index in [0.717, 1.165) is 65.1 Å². The molecular weight excluding hydrogens is 392 g/mol. The molecule has 0 saturated carbocycles. The van der Waals surface area contributed by atoms with Crippen LogP contribution in [0.3, 0.4) is 0 Å². The monoisotopic (exact) mass is 420 g/mol. The van der Waals surface area contributed by atoms with Crippen molar-refractivity contribution in [2.45, 2.75) is 26.7 Å². The van der Waals surface area contributed by atoms with Crippen molar-refractivity contribution in [3.63, 3.8) is 0 Å². The lowest BCUT2D eigenvalue weighted by Crippen LogP contribution is -2.11. The Morgan fingerprint density at radius 2 is 1.87 bits per heavy atom. The summed E-state index contributed by atoms with van der Waals surface area (Å²) in [6.07, 6.45) is 5.58. The molecule has 162 valence electrons. The molecule has 31 heavy (non-hydrogen) atoms. The molecule has 0 amide bonds. The zero-order valence-electron chi connectivity index (χ0n) is 18.6. The zero-order chi connectivity index (χ0) is 22.0. The van der Waals surface area contributed by atoms with Gasteiger partial charge in [-0.2, -0.15) is 9.61 Å². The fourth-order valence-corrected chi connectivity index (χ4v) is 3.67. The summed E-state index contributed by atoms with van der Waals surface area (Å²) in [5.41, 5.74) is 4.90. The molecule has 0 atom stereocenters. The Hall–Kier alpha value is -3.55. The standard InChI is InChI=1S/C23H28N6O2/c1-15-16(2)26-21-14-18(23-25-11-12-28(23)3)27-29(21)22(15)24-10-6-7-17-8-9-19(30-4)20(13-17)31-5/h8-9,11-14,24H,6-7,10H2,1-5H3. The van der Waals surface area contributed by atoms with Crippen LogP contribution in [0.5, 0.6) is 11.5 Å². The topological polar surface area (TPSA) is 78.5 Å². The first-order valence-electron chi connectivity index (χ1n) is 10.3. The highest BCUT2D eigenvalue weighted by Gasteiger charge is 2.15. The van der Waals surface area contributed by atoms with Crippen LogP contribution in [-0.4, -0.2) is 44.9 Å². The third-order valence-electron chi connectivity index (χ3n) is 5.52. The van der Waals surface area contributed by atoms with Crippen LogP contribution in [0, 0.1) is 13.8 Å². The highest BCUT2D eigenvalue weighted by Crippen LogP contribution is 2.28. The minimum atomic E-state index is 0.747. The first-order valence-corrected chi connectivity index (χ1v) is 10.3. The molecule has 0 radical (unpaired) electrons. The van der Waals surface area contributed by atoms with Crippen LogP contribution in [0.15, 0.2) is 36.7 Å². The Morgan fingerprint density at radius 1 is 1.06 bits per heavy atom. The molecule has 0 saturated heterocycles. The van der Waals surface area contributed by atoms with Crippen molar-refractivity contribution in [3.05, 3.63) is 53.5 Å². The second-order valence-corrected chi connectivity index (χ2v) is 7.55. The van der Waals surface area contributed by atoms with Gasteiger partial charge in [0.25, 0.3) is 0 Å². The number of aryl methyl sites for hydroxylation is 3. The van der Waals surface area contributed by atoms with Gasteiger partial charge in [-0.15, -0.1) is 0 Å². The Balaban J connectivity index is 1.51. The molecule has 0 aliphatic carbocycles. The fraction of sp³-hybridized carbons (Fsp3) is 0.348. The summed E-state index contributed by atoms with van der Waals surface area (Å²) in [4.78, 5) is 9.12. The van der Waals surface area contributed by atoms with Gasteiger partial charge in [-0.3, -0.25) is 0 Å². The largest absolute Gasteiger partial charge is 0.493 e. The number of methoxy groups -OCH3 is 2. The molecule has 4 aromatic rings. The predicted molar refractivity (Wildman–Crippen MR) is 121 cm³/mol. The quantitative estimate of drug-likeness (QED) is 0.437. The normalized spacial score (nSPS) is 11.1. The lowest BCUT2D eigenvalue weighted by Gasteiger charge is -2.13. The van der Waals surface area contributed by atoms with Gasteiger partial charge in [-0.25, -0.2) is 9.97 Å². The summed E-state index contributed by atoms with van der Waals surface area (Å²) in [5, 5.41) is 8.34. The number of anilines is 1. The Morgan fingerprint density at radius 3 is 2.58 bits per heavy atom. The molecule has 4 rings (SSSR count). The van der Waals surface area contributed by atoms with E-state index in [2.05, 4.69) is 23.3 Å². The number of imidazole rings is 1. The van der Waals surface area contributed by atoms with Crippen LogP contribution in [0.1, 0.15) is 23.2 Å². The Labute approximate surface area is 181 Å². The van der Waals surface area contributed by atoms with Crippen LogP contribution in [0.4, 0.5) is 5.82 Å². The van der Waals surface area contributed by atoms with Crippen molar-refractivity contribution in [1.29, 1.82) is 0 Å². The third-order valence-corrected chi connectivity index (χ3v) is 5.52. The van der Waals surface area contributed by atoms with Crippen molar-refractivity contribution < 1.29 is 9.47 Å². The SMILES string of the molecule is COc1ccc(CCCNc2c(C)c(C)nc3cc(-c4nccn4C)nn23)cc1OC. The van der Waals surface area contributed by atoms with Gasteiger partial charge in [0.1, 0.15) is 11.5 Å². The number of hydrogen-bond acceptors (Lipinski definition) is 6. The van der Waals surface area contributed by atoms with Gasteiger partial charge < -0.3 is 19.4 Å². The molecule has 0 aliphatic rings. The van der Waals surface area contributed by atoms with Crippen molar-refractivity contribution in [1.82, 2.24) is 24.1 Å². The maximum absolute atomic E-state index is 5.40. The number of rotatable bonds is 8. The highest BCUT2D eigenvalue weighted by atomic mass is 16.5. The molecule has 1 aromatic carbocycles. The summed E-state index contributed by atoms with van der Waals surface area (Å²) in [7, 11) is 5.27.